The maximum atomic E-state index is 11.6. The van der Waals surface area contributed by atoms with Gasteiger partial charge >= 0.3 is 0 Å². The van der Waals surface area contributed by atoms with Crippen molar-refractivity contribution < 1.29 is 12.8 Å². The lowest BCUT2D eigenvalue weighted by atomic mass is 10.3. The van der Waals surface area contributed by atoms with Crippen LogP contribution in [0.1, 0.15) is 6.42 Å². The Kier molecular flexibility index (Phi) is 2.85. The molecule has 3 rings (SSSR count). The highest BCUT2D eigenvalue weighted by Crippen LogP contribution is 2.24. The number of anilines is 2. The van der Waals surface area contributed by atoms with Gasteiger partial charge in [-0.3, -0.25) is 0 Å². The Balaban J connectivity index is 1.91. The van der Waals surface area contributed by atoms with Gasteiger partial charge in [-0.15, -0.1) is 0 Å². The molecule has 2 N–H and O–H groups in total. The predicted octanol–water partition coefficient (Wildman–Crippen LogP) is 1.03. The second kappa shape index (κ2) is 4.41. The summed E-state index contributed by atoms with van der Waals surface area (Å²) < 4.78 is 28.8. The van der Waals surface area contributed by atoms with Gasteiger partial charge in [-0.25, -0.2) is 8.42 Å². The molecule has 0 saturated carbocycles. The summed E-state index contributed by atoms with van der Waals surface area (Å²) in [6, 6.07) is 5.74. The van der Waals surface area contributed by atoms with Gasteiger partial charge in [-0.1, -0.05) is 0 Å². The van der Waals surface area contributed by atoms with Crippen LogP contribution < -0.4 is 10.6 Å². The van der Waals surface area contributed by atoms with E-state index in [1.54, 1.807) is 18.2 Å². The molecule has 7 heteroatoms. The van der Waals surface area contributed by atoms with Crippen molar-refractivity contribution in [3.05, 3.63) is 18.2 Å². The number of hydrogen-bond donors (Lipinski definition) is 1. The quantitative estimate of drug-likeness (QED) is 0.785. The number of nitrogen functional groups attached to an aromatic ring is 1. The van der Waals surface area contributed by atoms with Crippen molar-refractivity contribution in [2.45, 2.75) is 6.42 Å². The van der Waals surface area contributed by atoms with Gasteiger partial charge in [0.15, 0.2) is 15.4 Å². The maximum absolute atomic E-state index is 11.6. The summed E-state index contributed by atoms with van der Waals surface area (Å²) in [5, 5.41) is 0. The van der Waals surface area contributed by atoms with E-state index >= 15 is 0 Å². The number of nitrogens with zero attached hydrogens (tertiary/aromatic N) is 2. The zero-order valence-corrected chi connectivity index (χ0v) is 11.2. The van der Waals surface area contributed by atoms with E-state index in [4.69, 9.17) is 10.2 Å². The summed E-state index contributed by atoms with van der Waals surface area (Å²) in [6.07, 6.45) is 0.600. The zero-order valence-electron chi connectivity index (χ0n) is 10.4. The summed E-state index contributed by atoms with van der Waals surface area (Å²) in [6.45, 7) is 1.06. The average Bonchev–Trinajstić information content (AvgIpc) is 2.67. The predicted molar refractivity (Wildman–Crippen MR) is 73.9 cm³/mol. The molecule has 6 nitrogen and oxygen atoms in total. The van der Waals surface area contributed by atoms with Crippen LogP contribution in [-0.2, 0) is 9.84 Å². The molecule has 2 heterocycles. The van der Waals surface area contributed by atoms with Crippen LogP contribution in [-0.4, -0.2) is 38.0 Å². The number of benzene rings is 1. The first-order chi connectivity index (χ1) is 9.03. The lowest BCUT2D eigenvalue weighted by Crippen LogP contribution is -2.26. The first-order valence-electron chi connectivity index (χ1n) is 6.15. The van der Waals surface area contributed by atoms with Crippen LogP contribution in [0, 0.1) is 0 Å². The van der Waals surface area contributed by atoms with Crippen molar-refractivity contribution in [2.75, 3.05) is 35.2 Å². The third-order valence-electron chi connectivity index (χ3n) is 3.23. The van der Waals surface area contributed by atoms with E-state index < -0.39 is 9.84 Å². The lowest BCUT2D eigenvalue weighted by molar-refractivity contribution is 0.571. The minimum atomic E-state index is -2.93. The lowest BCUT2D eigenvalue weighted by Gasteiger charge is -2.16. The Morgan fingerprint density at radius 2 is 2.11 bits per heavy atom. The van der Waals surface area contributed by atoms with Crippen LogP contribution in [0.15, 0.2) is 22.6 Å². The zero-order chi connectivity index (χ0) is 13.5. The first-order valence-corrected chi connectivity index (χ1v) is 7.97. The van der Waals surface area contributed by atoms with Crippen LogP contribution >= 0.6 is 0 Å². The highest BCUT2D eigenvalue weighted by atomic mass is 32.2. The van der Waals surface area contributed by atoms with E-state index in [1.165, 1.54) is 0 Å². The summed E-state index contributed by atoms with van der Waals surface area (Å²) in [5.74, 6) is 0.380. The standard InChI is InChI=1S/C12H15N3O3S/c13-9-2-3-11-10(8-9)14-12(18-11)15-4-1-6-19(16,17)7-5-15/h2-3,8H,1,4-7,13H2. The number of nitrogens with two attached hydrogens (primary N) is 1. The molecule has 0 unspecified atom stereocenters. The normalized spacial score (nSPS) is 19.5. The molecule has 1 aromatic carbocycles. The molecule has 1 aliphatic heterocycles. The van der Waals surface area contributed by atoms with Crippen molar-refractivity contribution in [3.8, 4) is 0 Å². The molecule has 1 fully saturated rings. The highest BCUT2D eigenvalue weighted by molar-refractivity contribution is 7.91. The van der Waals surface area contributed by atoms with Crippen molar-refractivity contribution in [2.24, 2.45) is 0 Å². The van der Waals surface area contributed by atoms with Crippen molar-refractivity contribution >= 4 is 32.6 Å². The topological polar surface area (TPSA) is 89.4 Å². The van der Waals surface area contributed by atoms with E-state index in [9.17, 15) is 8.42 Å². The number of sulfone groups is 1. The Morgan fingerprint density at radius 1 is 1.26 bits per heavy atom. The van der Waals surface area contributed by atoms with E-state index in [2.05, 4.69) is 4.98 Å². The molecule has 102 valence electrons. The molecule has 0 spiro atoms. The third-order valence-corrected chi connectivity index (χ3v) is 4.94. The third kappa shape index (κ3) is 2.51. The Labute approximate surface area is 111 Å². The fraction of sp³-hybridized carbons (Fsp3) is 0.417. The van der Waals surface area contributed by atoms with E-state index in [0.717, 1.165) is 0 Å². The van der Waals surface area contributed by atoms with Gasteiger partial charge in [0.1, 0.15) is 5.52 Å². The van der Waals surface area contributed by atoms with E-state index in [1.807, 2.05) is 4.90 Å². The molecule has 19 heavy (non-hydrogen) atoms. The molecular weight excluding hydrogens is 266 g/mol. The smallest absolute Gasteiger partial charge is 0.298 e. The number of rotatable bonds is 1. The first kappa shape index (κ1) is 12.3. The fourth-order valence-corrected chi connectivity index (χ4v) is 3.47. The second-order valence-corrected chi connectivity index (χ2v) is 7.02. The van der Waals surface area contributed by atoms with Gasteiger partial charge in [0.05, 0.1) is 11.5 Å². The minimum absolute atomic E-state index is 0.147. The number of hydrogen-bond acceptors (Lipinski definition) is 6. The Bertz CT molecular complexity index is 708. The maximum Gasteiger partial charge on any atom is 0.298 e. The van der Waals surface area contributed by atoms with Crippen LogP contribution in [0.2, 0.25) is 0 Å². The molecule has 0 amide bonds. The number of oxazole rings is 1. The molecule has 0 atom stereocenters. The summed E-state index contributed by atoms with van der Waals surface area (Å²) >= 11 is 0. The second-order valence-electron chi connectivity index (χ2n) is 4.72. The van der Waals surface area contributed by atoms with Crippen LogP contribution in [0.5, 0.6) is 0 Å². The molecule has 0 bridgehead atoms. The monoisotopic (exact) mass is 281 g/mol. The SMILES string of the molecule is Nc1ccc2oc(N3CCCS(=O)(=O)CC3)nc2c1. The van der Waals surface area contributed by atoms with E-state index in [-0.39, 0.29) is 11.5 Å². The largest absolute Gasteiger partial charge is 0.423 e. The molecule has 0 radical (unpaired) electrons. The van der Waals surface area contributed by atoms with Gasteiger partial charge in [-0.2, -0.15) is 4.98 Å². The van der Waals surface area contributed by atoms with Crippen LogP contribution in [0.3, 0.4) is 0 Å². The number of fused-ring (bicyclic) bond motifs is 1. The summed E-state index contributed by atoms with van der Waals surface area (Å²) in [4.78, 5) is 6.25. The van der Waals surface area contributed by atoms with E-state index in [0.29, 0.717) is 42.3 Å². The molecule has 0 aliphatic carbocycles. The Hall–Kier alpha value is -1.76. The van der Waals surface area contributed by atoms with Gasteiger partial charge < -0.3 is 15.1 Å². The molecule has 1 aliphatic rings. The number of aromatic nitrogens is 1. The van der Waals surface area contributed by atoms with Crippen LogP contribution in [0.4, 0.5) is 11.7 Å². The average molecular weight is 281 g/mol. The highest BCUT2D eigenvalue weighted by Gasteiger charge is 2.22. The van der Waals surface area contributed by atoms with Gasteiger partial charge in [0.25, 0.3) is 6.01 Å². The van der Waals surface area contributed by atoms with Gasteiger partial charge in [-0.05, 0) is 24.6 Å². The molecule has 1 saturated heterocycles. The summed E-state index contributed by atoms with van der Waals surface area (Å²) in [7, 11) is -2.93. The minimum Gasteiger partial charge on any atom is -0.423 e. The molecule has 1 aromatic heterocycles. The van der Waals surface area contributed by atoms with Crippen LogP contribution in [0.25, 0.3) is 11.1 Å². The molecular formula is C12H15N3O3S. The van der Waals surface area contributed by atoms with Crippen molar-refractivity contribution in [1.29, 1.82) is 0 Å². The summed E-state index contributed by atoms with van der Waals surface area (Å²) in [5.41, 5.74) is 7.69. The van der Waals surface area contributed by atoms with Gasteiger partial charge in [0.2, 0.25) is 0 Å². The van der Waals surface area contributed by atoms with Gasteiger partial charge in [0, 0.05) is 18.8 Å². The molecule has 2 aromatic rings. The Morgan fingerprint density at radius 3 is 2.95 bits per heavy atom. The fourth-order valence-electron chi connectivity index (χ4n) is 2.20. The van der Waals surface area contributed by atoms with Crippen molar-refractivity contribution in [3.63, 3.8) is 0 Å². The van der Waals surface area contributed by atoms with Crippen molar-refractivity contribution in [1.82, 2.24) is 4.98 Å².